The molecule has 0 aliphatic carbocycles. The smallest absolute Gasteiger partial charge is 0.343 e. The summed E-state index contributed by atoms with van der Waals surface area (Å²) in [5.41, 5.74) is 5.68. The SMILES string of the molecule is CC1CCN(c2nc(C(F)(F)F)ns2)C(CN)C1. The van der Waals surface area contributed by atoms with Crippen molar-refractivity contribution in [1.29, 1.82) is 0 Å². The van der Waals surface area contributed by atoms with E-state index in [9.17, 15) is 13.2 Å². The van der Waals surface area contributed by atoms with Gasteiger partial charge in [-0.15, -0.1) is 0 Å². The van der Waals surface area contributed by atoms with Crippen LogP contribution >= 0.6 is 11.5 Å². The van der Waals surface area contributed by atoms with Crippen molar-refractivity contribution in [2.45, 2.75) is 32.0 Å². The predicted molar refractivity (Wildman–Crippen MR) is 63.5 cm³/mol. The fourth-order valence-corrected chi connectivity index (χ4v) is 2.96. The van der Waals surface area contributed by atoms with Crippen LogP contribution in [0.1, 0.15) is 25.6 Å². The van der Waals surface area contributed by atoms with E-state index in [1.54, 1.807) is 0 Å². The van der Waals surface area contributed by atoms with Gasteiger partial charge < -0.3 is 10.6 Å². The van der Waals surface area contributed by atoms with Gasteiger partial charge in [0, 0.05) is 30.7 Å². The van der Waals surface area contributed by atoms with E-state index in [1.807, 2.05) is 4.90 Å². The molecule has 2 rings (SSSR count). The lowest BCUT2D eigenvalue weighted by Gasteiger charge is -2.37. The van der Waals surface area contributed by atoms with Gasteiger partial charge in [-0.2, -0.15) is 22.5 Å². The number of hydrogen-bond acceptors (Lipinski definition) is 5. The molecule has 1 aromatic heterocycles. The van der Waals surface area contributed by atoms with Crippen molar-refractivity contribution in [2.75, 3.05) is 18.0 Å². The van der Waals surface area contributed by atoms with Crippen LogP contribution < -0.4 is 10.6 Å². The molecule has 18 heavy (non-hydrogen) atoms. The maximum Gasteiger partial charge on any atom is 0.452 e. The van der Waals surface area contributed by atoms with Crippen molar-refractivity contribution in [3.8, 4) is 0 Å². The third-order valence-corrected chi connectivity index (χ3v) is 3.92. The minimum atomic E-state index is -4.48. The molecular formula is C10H15F3N4S. The number of piperidine rings is 1. The minimum Gasteiger partial charge on any atom is -0.343 e. The van der Waals surface area contributed by atoms with E-state index in [0.29, 0.717) is 24.1 Å². The van der Waals surface area contributed by atoms with Gasteiger partial charge in [0.05, 0.1) is 0 Å². The molecule has 1 fully saturated rings. The van der Waals surface area contributed by atoms with Crippen LogP contribution in [0.2, 0.25) is 0 Å². The second-order valence-corrected chi connectivity index (χ2v) is 5.34. The van der Waals surface area contributed by atoms with Gasteiger partial charge >= 0.3 is 6.18 Å². The molecule has 0 spiro atoms. The summed E-state index contributed by atoms with van der Waals surface area (Å²) >= 11 is 0.793. The summed E-state index contributed by atoms with van der Waals surface area (Å²) in [7, 11) is 0. The number of alkyl halides is 3. The van der Waals surface area contributed by atoms with Crippen molar-refractivity contribution in [3.63, 3.8) is 0 Å². The van der Waals surface area contributed by atoms with Crippen molar-refractivity contribution in [2.24, 2.45) is 11.7 Å². The molecule has 0 bridgehead atoms. The van der Waals surface area contributed by atoms with Gasteiger partial charge in [-0.3, -0.25) is 0 Å². The molecule has 2 unspecified atom stereocenters. The summed E-state index contributed by atoms with van der Waals surface area (Å²) in [6.07, 6.45) is -2.65. The van der Waals surface area contributed by atoms with E-state index in [0.717, 1.165) is 24.4 Å². The first-order valence-electron chi connectivity index (χ1n) is 5.79. The number of anilines is 1. The minimum absolute atomic E-state index is 0.0581. The van der Waals surface area contributed by atoms with Gasteiger partial charge in [-0.25, -0.2) is 0 Å². The lowest BCUT2D eigenvalue weighted by Crippen LogP contribution is -2.46. The molecule has 0 aromatic carbocycles. The molecule has 1 aliphatic heterocycles. The number of aromatic nitrogens is 2. The summed E-state index contributed by atoms with van der Waals surface area (Å²) in [6.45, 7) is 3.24. The van der Waals surface area contributed by atoms with E-state index in [4.69, 9.17) is 5.73 Å². The first kappa shape index (κ1) is 13.5. The zero-order valence-corrected chi connectivity index (χ0v) is 10.8. The Labute approximate surface area is 107 Å². The number of halogens is 3. The van der Waals surface area contributed by atoms with Crippen LogP contribution in [-0.4, -0.2) is 28.5 Å². The Hall–Kier alpha value is -0.890. The van der Waals surface area contributed by atoms with E-state index < -0.39 is 12.0 Å². The second-order valence-electron chi connectivity index (χ2n) is 4.61. The number of nitrogens with zero attached hydrogens (tertiary/aromatic N) is 3. The molecule has 0 saturated carbocycles. The molecule has 1 saturated heterocycles. The zero-order valence-electron chi connectivity index (χ0n) is 9.94. The monoisotopic (exact) mass is 280 g/mol. The van der Waals surface area contributed by atoms with Crippen LogP contribution in [0, 0.1) is 5.92 Å². The summed E-state index contributed by atoms with van der Waals surface area (Å²) in [6, 6.07) is 0.0581. The lowest BCUT2D eigenvalue weighted by atomic mass is 9.93. The molecule has 1 aliphatic rings. The third kappa shape index (κ3) is 2.74. The van der Waals surface area contributed by atoms with Crippen LogP contribution in [-0.2, 0) is 6.18 Å². The standard InChI is InChI=1S/C10H15F3N4S/c1-6-2-3-17(7(4-6)5-14)9-15-8(16-18-9)10(11,12)13/h6-7H,2-5,14H2,1H3. The van der Waals surface area contributed by atoms with Crippen LogP contribution in [0.25, 0.3) is 0 Å². The van der Waals surface area contributed by atoms with Crippen LogP contribution in [0.4, 0.5) is 18.3 Å². The highest BCUT2D eigenvalue weighted by Gasteiger charge is 2.37. The highest BCUT2D eigenvalue weighted by molar-refractivity contribution is 7.09. The van der Waals surface area contributed by atoms with Crippen molar-refractivity contribution < 1.29 is 13.2 Å². The molecule has 2 heterocycles. The average Bonchev–Trinajstić information content (AvgIpc) is 2.77. The van der Waals surface area contributed by atoms with Gasteiger partial charge in [-0.05, 0) is 18.8 Å². The molecule has 1 aromatic rings. The third-order valence-electron chi connectivity index (χ3n) is 3.16. The Balaban J connectivity index is 2.17. The first-order chi connectivity index (χ1) is 8.41. The van der Waals surface area contributed by atoms with Gasteiger partial charge in [0.2, 0.25) is 11.0 Å². The quantitative estimate of drug-likeness (QED) is 0.901. The molecule has 0 radical (unpaired) electrons. The molecule has 2 N–H and O–H groups in total. The Morgan fingerprint density at radius 3 is 2.78 bits per heavy atom. The van der Waals surface area contributed by atoms with Crippen molar-refractivity contribution >= 4 is 16.7 Å². The molecule has 102 valence electrons. The van der Waals surface area contributed by atoms with Gasteiger partial charge in [0.1, 0.15) is 0 Å². The Morgan fingerprint density at radius 1 is 1.50 bits per heavy atom. The summed E-state index contributed by atoms with van der Waals surface area (Å²) < 4.78 is 40.7. The van der Waals surface area contributed by atoms with Crippen LogP contribution in [0.15, 0.2) is 0 Å². The molecule has 8 heteroatoms. The zero-order chi connectivity index (χ0) is 13.3. The number of nitrogens with two attached hydrogens (primary N) is 1. The van der Waals surface area contributed by atoms with Crippen LogP contribution in [0.5, 0.6) is 0 Å². The highest BCUT2D eigenvalue weighted by atomic mass is 32.1. The maximum absolute atomic E-state index is 12.4. The largest absolute Gasteiger partial charge is 0.452 e. The molecular weight excluding hydrogens is 265 g/mol. The number of rotatable bonds is 2. The van der Waals surface area contributed by atoms with Crippen LogP contribution in [0.3, 0.4) is 0 Å². The molecule has 0 amide bonds. The van der Waals surface area contributed by atoms with Gasteiger partial charge in [0.25, 0.3) is 0 Å². The lowest BCUT2D eigenvalue weighted by molar-refractivity contribution is -0.144. The number of hydrogen-bond donors (Lipinski definition) is 1. The van der Waals surface area contributed by atoms with E-state index >= 15 is 0 Å². The predicted octanol–water partition coefficient (Wildman–Crippen LogP) is 2.12. The Morgan fingerprint density at radius 2 is 2.22 bits per heavy atom. The van der Waals surface area contributed by atoms with E-state index in [2.05, 4.69) is 16.3 Å². The summed E-state index contributed by atoms with van der Waals surface area (Å²) in [4.78, 5) is 5.44. The second kappa shape index (κ2) is 5.00. The fraction of sp³-hybridized carbons (Fsp3) is 0.800. The maximum atomic E-state index is 12.4. The average molecular weight is 280 g/mol. The fourth-order valence-electron chi connectivity index (χ4n) is 2.17. The summed E-state index contributed by atoms with van der Waals surface area (Å²) in [5, 5.41) is 0.324. The topological polar surface area (TPSA) is 55.0 Å². The van der Waals surface area contributed by atoms with Gasteiger partial charge in [-0.1, -0.05) is 6.92 Å². The Kier molecular flexibility index (Phi) is 3.76. The van der Waals surface area contributed by atoms with Crippen molar-refractivity contribution in [1.82, 2.24) is 9.36 Å². The molecule has 4 nitrogen and oxygen atoms in total. The van der Waals surface area contributed by atoms with Gasteiger partial charge in [0.15, 0.2) is 0 Å². The van der Waals surface area contributed by atoms with Crippen molar-refractivity contribution in [3.05, 3.63) is 5.82 Å². The molecule has 2 atom stereocenters. The van der Waals surface area contributed by atoms with E-state index in [1.165, 1.54) is 0 Å². The highest BCUT2D eigenvalue weighted by Crippen LogP contribution is 2.33. The normalized spacial score (nSPS) is 25.5. The van der Waals surface area contributed by atoms with E-state index in [-0.39, 0.29) is 6.04 Å². The summed E-state index contributed by atoms with van der Waals surface area (Å²) in [5.74, 6) is -0.512. The Bertz CT molecular complexity index is 406. The first-order valence-corrected chi connectivity index (χ1v) is 6.56.